The zero-order valence-corrected chi connectivity index (χ0v) is 7.79. The first kappa shape index (κ1) is 11.2. The number of hydrogen-bond donors (Lipinski definition) is 1. The molecule has 0 rings (SSSR count). The number of nitrogens with zero attached hydrogens (tertiary/aromatic N) is 1. The van der Waals surface area contributed by atoms with Crippen LogP contribution in [-0.4, -0.2) is 35.6 Å². The van der Waals surface area contributed by atoms with Crippen molar-refractivity contribution in [3.8, 4) is 0 Å². The molecular weight excluding hydrogens is 154 g/mol. The lowest BCUT2D eigenvalue weighted by Crippen LogP contribution is -2.24. The fourth-order valence-corrected chi connectivity index (χ4v) is 0.997. The smallest absolute Gasteiger partial charge is 0.328 e. The molecule has 0 aromatic rings. The second-order valence-corrected chi connectivity index (χ2v) is 2.63. The number of rotatable bonds is 6. The number of likely N-dealkylation sites (N-methyl/N-ethyl adjacent to an activating group) is 1. The van der Waals surface area contributed by atoms with E-state index in [1.54, 1.807) is 6.08 Å². The van der Waals surface area contributed by atoms with E-state index in [1.165, 1.54) is 6.08 Å². The highest BCUT2D eigenvalue weighted by Crippen LogP contribution is 1.90. The van der Waals surface area contributed by atoms with Gasteiger partial charge in [0.25, 0.3) is 0 Å². The summed E-state index contributed by atoms with van der Waals surface area (Å²) in [4.78, 5) is 12.3. The molecule has 0 heterocycles. The summed E-state index contributed by atoms with van der Waals surface area (Å²) in [6.07, 6.45) is 3.98. The molecule has 12 heavy (non-hydrogen) atoms. The van der Waals surface area contributed by atoms with Gasteiger partial charge in [-0.15, -0.1) is 0 Å². The molecule has 0 spiro atoms. The molecule has 0 aromatic carbocycles. The van der Waals surface area contributed by atoms with E-state index in [4.69, 9.17) is 5.11 Å². The first-order valence-corrected chi connectivity index (χ1v) is 4.32. The van der Waals surface area contributed by atoms with Crippen molar-refractivity contribution in [3.63, 3.8) is 0 Å². The Hall–Kier alpha value is -0.830. The van der Waals surface area contributed by atoms with Crippen LogP contribution >= 0.6 is 0 Å². The van der Waals surface area contributed by atoms with Crippen molar-refractivity contribution in [2.45, 2.75) is 20.3 Å². The molecule has 0 saturated heterocycles. The average Bonchev–Trinajstić information content (AvgIpc) is 2.02. The number of carbonyl (C=O) groups is 1. The fourth-order valence-electron chi connectivity index (χ4n) is 0.997. The summed E-state index contributed by atoms with van der Waals surface area (Å²) in [7, 11) is 0. The Labute approximate surface area is 73.7 Å². The van der Waals surface area contributed by atoms with Crippen molar-refractivity contribution >= 4 is 5.97 Å². The minimum absolute atomic E-state index is 0.733. The average molecular weight is 171 g/mol. The van der Waals surface area contributed by atoms with E-state index in [2.05, 4.69) is 18.7 Å². The number of carboxylic acid groups (broad SMARTS) is 1. The zero-order valence-electron chi connectivity index (χ0n) is 7.79. The Morgan fingerprint density at radius 1 is 1.50 bits per heavy atom. The Morgan fingerprint density at radius 3 is 2.58 bits per heavy atom. The van der Waals surface area contributed by atoms with Gasteiger partial charge >= 0.3 is 5.97 Å². The van der Waals surface area contributed by atoms with E-state index in [0.717, 1.165) is 26.1 Å². The quantitative estimate of drug-likeness (QED) is 0.613. The fraction of sp³-hybridized carbons (Fsp3) is 0.667. The predicted octanol–water partition coefficient (Wildman–Crippen LogP) is 1.36. The van der Waals surface area contributed by atoms with Gasteiger partial charge in [-0.3, -0.25) is 4.90 Å². The van der Waals surface area contributed by atoms with Crippen molar-refractivity contribution in [1.82, 2.24) is 4.90 Å². The maximum absolute atomic E-state index is 10.1. The molecule has 3 nitrogen and oxygen atoms in total. The van der Waals surface area contributed by atoms with Crippen LogP contribution in [0.1, 0.15) is 20.3 Å². The summed E-state index contributed by atoms with van der Waals surface area (Å²) in [5, 5.41) is 8.32. The Kier molecular flexibility index (Phi) is 6.38. The third-order valence-corrected chi connectivity index (χ3v) is 1.61. The van der Waals surface area contributed by atoms with Crippen molar-refractivity contribution in [1.29, 1.82) is 0 Å². The maximum atomic E-state index is 10.1. The Bertz CT molecular complexity index is 155. The molecule has 1 N–H and O–H groups in total. The van der Waals surface area contributed by atoms with E-state index >= 15 is 0 Å². The van der Waals surface area contributed by atoms with Crippen molar-refractivity contribution in [2.75, 3.05) is 19.6 Å². The van der Waals surface area contributed by atoms with E-state index in [9.17, 15) is 4.79 Å². The van der Waals surface area contributed by atoms with Gasteiger partial charge in [0.15, 0.2) is 0 Å². The van der Waals surface area contributed by atoms with Crippen LogP contribution in [0.15, 0.2) is 12.2 Å². The third kappa shape index (κ3) is 5.92. The molecule has 3 heteroatoms. The minimum atomic E-state index is -0.873. The summed E-state index contributed by atoms with van der Waals surface area (Å²) < 4.78 is 0. The molecule has 0 atom stereocenters. The molecule has 0 aromatic heterocycles. The lowest BCUT2D eigenvalue weighted by Gasteiger charge is -2.16. The number of hydrogen-bond acceptors (Lipinski definition) is 2. The standard InChI is InChI=1S/C9H17NO2/c1-3-7-10(4-2)8-5-6-9(11)12/h5-6H,3-4,7-8H2,1-2H3,(H,11,12)/b6-5+. The van der Waals surface area contributed by atoms with Crippen LogP contribution in [-0.2, 0) is 4.79 Å². The van der Waals surface area contributed by atoms with Crippen LogP contribution in [0.4, 0.5) is 0 Å². The van der Waals surface area contributed by atoms with E-state index < -0.39 is 5.97 Å². The summed E-state index contributed by atoms with van der Waals surface area (Å²) in [5.74, 6) is -0.873. The number of aliphatic carboxylic acids is 1. The molecular formula is C9H17NO2. The largest absolute Gasteiger partial charge is 0.478 e. The normalized spacial score (nSPS) is 11.2. The van der Waals surface area contributed by atoms with Crippen LogP contribution < -0.4 is 0 Å². The van der Waals surface area contributed by atoms with Crippen LogP contribution in [0, 0.1) is 0 Å². The third-order valence-electron chi connectivity index (χ3n) is 1.61. The lowest BCUT2D eigenvalue weighted by molar-refractivity contribution is -0.131. The van der Waals surface area contributed by atoms with Gasteiger partial charge in [0, 0.05) is 12.6 Å². The van der Waals surface area contributed by atoms with Gasteiger partial charge in [-0.2, -0.15) is 0 Å². The molecule has 0 saturated carbocycles. The minimum Gasteiger partial charge on any atom is -0.478 e. The van der Waals surface area contributed by atoms with E-state index in [0.29, 0.717) is 0 Å². The zero-order chi connectivity index (χ0) is 9.40. The summed E-state index contributed by atoms with van der Waals surface area (Å²) in [6, 6.07) is 0. The molecule has 0 fully saturated rings. The predicted molar refractivity (Wildman–Crippen MR) is 49.2 cm³/mol. The molecule has 0 amide bonds. The van der Waals surface area contributed by atoms with Gasteiger partial charge in [0.05, 0.1) is 0 Å². The number of carboxylic acids is 1. The summed E-state index contributed by atoms with van der Waals surface area (Å²) >= 11 is 0. The van der Waals surface area contributed by atoms with Crippen LogP contribution in [0.2, 0.25) is 0 Å². The SMILES string of the molecule is CCCN(CC)C/C=C/C(=O)O. The second-order valence-electron chi connectivity index (χ2n) is 2.63. The molecule has 0 aliphatic heterocycles. The highest BCUT2D eigenvalue weighted by Gasteiger charge is 1.96. The first-order valence-electron chi connectivity index (χ1n) is 4.32. The summed E-state index contributed by atoms with van der Waals surface area (Å²) in [5.41, 5.74) is 0. The Balaban J connectivity index is 3.63. The van der Waals surface area contributed by atoms with Crippen molar-refractivity contribution in [2.24, 2.45) is 0 Å². The van der Waals surface area contributed by atoms with Gasteiger partial charge in [0.1, 0.15) is 0 Å². The van der Waals surface area contributed by atoms with Gasteiger partial charge in [0.2, 0.25) is 0 Å². The topological polar surface area (TPSA) is 40.5 Å². The summed E-state index contributed by atoms with van der Waals surface area (Å²) in [6.45, 7) is 6.92. The van der Waals surface area contributed by atoms with Crippen molar-refractivity contribution in [3.05, 3.63) is 12.2 Å². The highest BCUT2D eigenvalue weighted by atomic mass is 16.4. The van der Waals surface area contributed by atoms with E-state index in [-0.39, 0.29) is 0 Å². The van der Waals surface area contributed by atoms with Crippen LogP contribution in [0.25, 0.3) is 0 Å². The van der Waals surface area contributed by atoms with Gasteiger partial charge in [-0.1, -0.05) is 19.9 Å². The highest BCUT2D eigenvalue weighted by molar-refractivity contribution is 5.79. The molecule has 0 aliphatic carbocycles. The van der Waals surface area contributed by atoms with Crippen LogP contribution in [0.3, 0.4) is 0 Å². The van der Waals surface area contributed by atoms with Crippen LogP contribution in [0.5, 0.6) is 0 Å². The second kappa shape index (κ2) is 6.85. The lowest BCUT2D eigenvalue weighted by atomic mass is 10.4. The van der Waals surface area contributed by atoms with Gasteiger partial charge in [-0.25, -0.2) is 4.79 Å². The van der Waals surface area contributed by atoms with Gasteiger partial charge in [-0.05, 0) is 19.5 Å². The van der Waals surface area contributed by atoms with Crippen molar-refractivity contribution < 1.29 is 9.90 Å². The molecule has 0 aliphatic rings. The van der Waals surface area contributed by atoms with E-state index in [1.807, 2.05) is 0 Å². The molecule has 0 unspecified atom stereocenters. The maximum Gasteiger partial charge on any atom is 0.328 e. The molecule has 0 bridgehead atoms. The Morgan fingerprint density at radius 2 is 2.17 bits per heavy atom. The molecule has 70 valence electrons. The monoisotopic (exact) mass is 171 g/mol. The van der Waals surface area contributed by atoms with Gasteiger partial charge < -0.3 is 5.11 Å². The first-order chi connectivity index (χ1) is 5.70. The molecule has 0 radical (unpaired) electrons.